The van der Waals surface area contributed by atoms with E-state index in [1.807, 2.05) is 12.1 Å². The molecule has 1 atom stereocenters. The van der Waals surface area contributed by atoms with Gasteiger partial charge in [-0.25, -0.2) is 0 Å². The molecule has 0 amide bonds. The third-order valence-electron chi connectivity index (χ3n) is 3.50. The highest BCUT2D eigenvalue weighted by Gasteiger charge is 2.27. The van der Waals surface area contributed by atoms with Crippen LogP contribution >= 0.6 is 23.2 Å². The summed E-state index contributed by atoms with van der Waals surface area (Å²) in [6.45, 7) is 4.68. The van der Waals surface area contributed by atoms with Crippen LogP contribution in [0.15, 0.2) is 18.2 Å². The third kappa shape index (κ3) is 3.53. The monoisotopic (exact) mass is 271 g/mol. The summed E-state index contributed by atoms with van der Waals surface area (Å²) in [5, 5.41) is 4.94. The summed E-state index contributed by atoms with van der Waals surface area (Å²) in [4.78, 5) is 0. The van der Waals surface area contributed by atoms with Crippen LogP contribution in [0.2, 0.25) is 10.0 Å². The molecule has 0 aliphatic heterocycles. The maximum Gasteiger partial charge on any atom is 0.0652 e. The summed E-state index contributed by atoms with van der Waals surface area (Å²) in [6, 6.07) is 6.16. The molecule has 0 saturated heterocycles. The molecule has 3 heteroatoms. The minimum atomic E-state index is 0.439. The van der Waals surface area contributed by atoms with Gasteiger partial charge in [-0.05, 0) is 42.9 Å². The van der Waals surface area contributed by atoms with E-state index in [-0.39, 0.29) is 0 Å². The molecule has 0 aromatic heterocycles. The molecule has 1 unspecified atom stereocenters. The first kappa shape index (κ1) is 13.0. The number of nitrogens with one attached hydrogen (secondary N) is 1. The van der Waals surface area contributed by atoms with Crippen molar-refractivity contribution in [2.75, 3.05) is 5.32 Å². The molecule has 0 heterocycles. The van der Waals surface area contributed by atoms with E-state index in [9.17, 15) is 0 Å². The van der Waals surface area contributed by atoms with E-state index in [1.165, 1.54) is 25.7 Å². The Hall–Kier alpha value is -0.400. The lowest BCUT2D eigenvalue weighted by atomic mass is 9.75. The van der Waals surface area contributed by atoms with Crippen molar-refractivity contribution in [1.82, 2.24) is 0 Å². The molecular formula is C14H19Cl2N. The first-order valence-corrected chi connectivity index (χ1v) is 6.93. The van der Waals surface area contributed by atoms with E-state index in [4.69, 9.17) is 23.2 Å². The van der Waals surface area contributed by atoms with Gasteiger partial charge >= 0.3 is 0 Å². The van der Waals surface area contributed by atoms with E-state index >= 15 is 0 Å². The molecule has 1 aromatic carbocycles. The zero-order valence-electron chi connectivity index (χ0n) is 10.4. The van der Waals surface area contributed by atoms with Gasteiger partial charge in [0.15, 0.2) is 0 Å². The molecule has 1 saturated carbocycles. The fourth-order valence-electron chi connectivity index (χ4n) is 2.65. The summed E-state index contributed by atoms with van der Waals surface area (Å²) >= 11 is 12.1. The van der Waals surface area contributed by atoms with Crippen LogP contribution in [-0.2, 0) is 0 Å². The van der Waals surface area contributed by atoms with Crippen molar-refractivity contribution in [2.24, 2.45) is 5.41 Å². The molecule has 17 heavy (non-hydrogen) atoms. The molecule has 1 nitrogen and oxygen atoms in total. The van der Waals surface area contributed by atoms with Crippen LogP contribution in [0, 0.1) is 5.41 Å². The SMILES string of the molecule is CC1(C)CCCC(Nc2ccc(Cl)cc2Cl)C1. The molecule has 1 N–H and O–H groups in total. The van der Waals surface area contributed by atoms with E-state index in [0.717, 1.165) is 5.69 Å². The van der Waals surface area contributed by atoms with Crippen molar-refractivity contribution in [3.8, 4) is 0 Å². The van der Waals surface area contributed by atoms with E-state index in [1.54, 1.807) is 6.07 Å². The standard InChI is InChI=1S/C14H19Cl2N/c1-14(2)7-3-4-11(9-14)17-13-6-5-10(15)8-12(13)16/h5-6,8,11,17H,3-4,7,9H2,1-2H3. The lowest BCUT2D eigenvalue weighted by Gasteiger charge is -2.36. The van der Waals surface area contributed by atoms with Crippen molar-refractivity contribution in [3.63, 3.8) is 0 Å². The molecule has 1 aromatic rings. The zero-order chi connectivity index (χ0) is 12.5. The van der Waals surface area contributed by atoms with Crippen LogP contribution in [0.4, 0.5) is 5.69 Å². The highest BCUT2D eigenvalue weighted by Crippen LogP contribution is 2.37. The quantitative estimate of drug-likeness (QED) is 0.762. The summed E-state index contributed by atoms with van der Waals surface area (Å²) in [6.07, 6.45) is 5.03. The lowest BCUT2D eigenvalue weighted by Crippen LogP contribution is -2.31. The van der Waals surface area contributed by atoms with Crippen LogP contribution in [0.1, 0.15) is 39.5 Å². The fourth-order valence-corrected chi connectivity index (χ4v) is 3.11. The number of anilines is 1. The molecule has 1 aliphatic rings. The highest BCUT2D eigenvalue weighted by molar-refractivity contribution is 6.36. The van der Waals surface area contributed by atoms with Crippen LogP contribution in [0.5, 0.6) is 0 Å². The van der Waals surface area contributed by atoms with Crippen molar-refractivity contribution in [2.45, 2.75) is 45.6 Å². The Morgan fingerprint density at radius 2 is 2.06 bits per heavy atom. The topological polar surface area (TPSA) is 12.0 Å². The second-order valence-corrected chi connectivity index (χ2v) is 6.57. The average molecular weight is 272 g/mol. The Morgan fingerprint density at radius 3 is 2.71 bits per heavy atom. The largest absolute Gasteiger partial charge is 0.381 e. The molecule has 0 radical (unpaired) electrons. The molecular weight excluding hydrogens is 253 g/mol. The van der Waals surface area contributed by atoms with E-state index in [2.05, 4.69) is 19.2 Å². The Labute approximate surface area is 114 Å². The first-order valence-electron chi connectivity index (χ1n) is 6.18. The van der Waals surface area contributed by atoms with Gasteiger partial charge in [-0.15, -0.1) is 0 Å². The number of hydrogen-bond donors (Lipinski definition) is 1. The van der Waals surface area contributed by atoms with Crippen molar-refractivity contribution in [1.29, 1.82) is 0 Å². The highest BCUT2D eigenvalue weighted by atomic mass is 35.5. The third-order valence-corrected chi connectivity index (χ3v) is 4.04. The normalized spacial score (nSPS) is 23.4. The van der Waals surface area contributed by atoms with Crippen LogP contribution in [-0.4, -0.2) is 6.04 Å². The maximum atomic E-state index is 6.17. The van der Waals surface area contributed by atoms with Gasteiger partial charge in [0.2, 0.25) is 0 Å². The zero-order valence-corrected chi connectivity index (χ0v) is 11.9. The molecule has 94 valence electrons. The van der Waals surface area contributed by atoms with Gasteiger partial charge in [-0.3, -0.25) is 0 Å². The molecule has 2 rings (SSSR count). The predicted molar refractivity (Wildman–Crippen MR) is 76.1 cm³/mol. The van der Waals surface area contributed by atoms with Gasteiger partial charge in [-0.2, -0.15) is 0 Å². The number of halogens is 2. The summed E-state index contributed by atoms with van der Waals surface area (Å²) < 4.78 is 0. The second kappa shape index (κ2) is 5.07. The minimum absolute atomic E-state index is 0.439. The first-order chi connectivity index (χ1) is 7.96. The van der Waals surface area contributed by atoms with Crippen LogP contribution in [0.3, 0.4) is 0 Å². The van der Waals surface area contributed by atoms with E-state index < -0.39 is 0 Å². The summed E-state index contributed by atoms with van der Waals surface area (Å²) in [7, 11) is 0. The lowest BCUT2D eigenvalue weighted by molar-refractivity contribution is 0.229. The van der Waals surface area contributed by atoms with Crippen molar-refractivity contribution < 1.29 is 0 Å². The Balaban J connectivity index is 2.05. The minimum Gasteiger partial charge on any atom is -0.381 e. The Morgan fingerprint density at radius 1 is 1.29 bits per heavy atom. The van der Waals surface area contributed by atoms with Gasteiger partial charge < -0.3 is 5.32 Å². The average Bonchev–Trinajstić information content (AvgIpc) is 2.21. The Bertz CT molecular complexity index is 401. The molecule has 1 aliphatic carbocycles. The fraction of sp³-hybridized carbons (Fsp3) is 0.571. The molecule has 0 bridgehead atoms. The number of rotatable bonds is 2. The second-order valence-electron chi connectivity index (χ2n) is 5.73. The molecule has 0 spiro atoms. The summed E-state index contributed by atoms with van der Waals surface area (Å²) in [5.41, 5.74) is 1.44. The number of hydrogen-bond acceptors (Lipinski definition) is 1. The summed E-state index contributed by atoms with van der Waals surface area (Å²) in [5.74, 6) is 0. The van der Waals surface area contributed by atoms with Gasteiger partial charge in [-0.1, -0.05) is 43.5 Å². The predicted octanol–water partition coefficient (Wildman–Crippen LogP) is 5.37. The van der Waals surface area contributed by atoms with Crippen LogP contribution < -0.4 is 5.32 Å². The van der Waals surface area contributed by atoms with Gasteiger partial charge in [0.25, 0.3) is 0 Å². The maximum absolute atomic E-state index is 6.17. The van der Waals surface area contributed by atoms with Gasteiger partial charge in [0.05, 0.1) is 10.7 Å². The van der Waals surface area contributed by atoms with Gasteiger partial charge in [0.1, 0.15) is 0 Å². The number of benzene rings is 1. The van der Waals surface area contributed by atoms with Crippen LogP contribution in [0.25, 0.3) is 0 Å². The Kier molecular flexibility index (Phi) is 3.89. The molecule has 1 fully saturated rings. The smallest absolute Gasteiger partial charge is 0.0652 e. The van der Waals surface area contributed by atoms with Crippen molar-refractivity contribution >= 4 is 28.9 Å². The van der Waals surface area contributed by atoms with Gasteiger partial charge in [0, 0.05) is 11.1 Å². The van der Waals surface area contributed by atoms with E-state index in [0.29, 0.717) is 21.5 Å². The van der Waals surface area contributed by atoms with Crippen molar-refractivity contribution in [3.05, 3.63) is 28.2 Å².